The van der Waals surface area contributed by atoms with Crippen molar-refractivity contribution in [2.45, 2.75) is 31.9 Å². The molecule has 1 aliphatic carbocycles. The van der Waals surface area contributed by atoms with Gasteiger partial charge in [0.1, 0.15) is 11.6 Å². The van der Waals surface area contributed by atoms with E-state index in [-0.39, 0.29) is 24.6 Å². The highest BCUT2D eigenvalue weighted by molar-refractivity contribution is 8.02. The summed E-state index contributed by atoms with van der Waals surface area (Å²) in [5.41, 5.74) is 1.24. The molecule has 0 aliphatic heterocycles. The van der Waals surface area contributed by atoms with Crippen LogP contribution in [0.25, 0.3) is 0 Å². The van der Waals surface area contributed by atoms with Crippen LogP contribution in [-0.4, -0.2) is 18.4 Å². The van der Waals surface area contributed by atoms with Gasteiger partial charge in [0.05, 0.1) is 12.2 Å². The van der Waals surface area contributed by atoms with Gasteiger partial charge in [0.15, 0.2) is 0 Å². The Hall–Kier alpha value is -1.33. The van der Waals surface area contributed by atoms with E-state index in [1.807, 2.05) is 0 Å². The first kappa shape index (κ1) is 17.0. The van der Waals surface area contributed by atoms with Gasteiger partial charge in [-0.25, -0.2) is 9.18 Å². The molecule has 0 fully saturated rings. The van der Waals surface area contributed by atoms with Gasteiger partial charge in [-0.2, -0.15) is 0 Å². The van der Waals surface area contributed by atoms with Gasteiger partial charge in [0, 0.05) is 23.6 Å². The Morgan fingerprint density at radius 1 is 1.41 bits per heavy atom. The van der Waals surface area contributed by atoms with E-state index >= 15 is 0 Å². The summed E-state index contributed by atoms with van der Waals surface area (Å²) in [6, 6.07) is 4.25. The number of hydrogen-bond acceptors (Lipinski definition) is 4. The van der Waals surface area contributed by atoms with Crippen LogP contribution in [0.5, 0.6) is 0 Å². The van der Waals surface area contributed by atoms with Crippen molar-refractivity contribution in [2.75, 3.05) is 6.61 Å². The summed E-state index contributed by atoms with van der Waals surface area (Å²) in [6.45, 7) is 2.01. The summed E-state index contributed by atoms with van der Waals surface area (Å²) in [6.07, 6.45) is 1.09. The number of esters is 1. The summed E-state index contributed by atoms with van der Waals surface area (Å²) >= 11 is 7.46. The van der Waals surface area contributed by atoms with Crippen molar-refractivity contribution >= 4 is 35.1 Å². The molecular weight excluding hydrogens is 327 g/mol. The number of rotatable bonds is 5. The maximum Gasteiger partial charge on any atom is 0.335 e. The van der Waals surface area contributed by atoms with Gasteiger partial charge < -0.3 is 4.74 Å². The Bertz CT molecular complexity index is 628. The van der Waals surface area contributed by atoms with Crippen LogP contribution in [0.3, 0.4) is 0 Å². The molecule has 3 nitrogen and oxygen atoms in total. The monoisotopic (exact) mass is 342 g/mol. The third-order valence-corrected chi connectivity index (χ3v) is 4.89. The first-order valence-corrected chi connectivity index (χ1v) is 8.35. The molecule has 22 heavy (non-hydrogen) atoms. The number of thioether (sulfide) groups is 1. The molecule has 0 spiro atoms. The topological polar surface area (TPSA) is 43.4 Å². The largest absolute Gasteiger partial charge is 0.463 e. The lowest BCUT2D eigenvalue weighted by Gasteiger charge is -2.18. The fraction of sp³-hybridized carbons (Fsp3) is 0.375. The van der Waals surface area contributed by atoms with E-state index in [2.05, 4.69) is 0 Å². The number of ether oxygens (including phenoxy) is 1. The Kier molecular flexibility index (Phi) is 6.03. The van der Waals surface area contributed by atoms with Crippen LogP contribution in [0.2, 0.25) is 5.02 Å². The highest BCUT2D eigenvalue weighted by Gasteiger charge is 2.25. The zero-order valence-electron chi connectivity index (χ0n) is 12.2. The van der Waals surface area contributed by atoms with Crippen molar-refractivity contribution in [2.24, 2.45) is 0 Å². The summed E-state index contributed by atoms with van der Waals surface area (Å²) in [7, 11) is 0. The average molecular weight is 343 g/mol. The average Bonchev–Trinajstić information content (AvgIpc) is 2.47. The van der Waals surface area contributed by atoms with Crippen LogP contribution in [0.1, 0.15) is 31.7 Å². The SMILES string of the molecule is CCOC(=O)C1=C(SCc2ccc(F)cc2Cl)CCC(=O)C1. The minimum absolute atomic E-state index is 0.0483. The number of carbonyl (C=O) groups excluding carboxylic acids is 2. The molecule has 1 aromatic carbocycles. The maximum absolute atomic E-state index is 13.0. The quantitative estimate of drug-likeness (QED) is 0.749. The third-order valence-electron chi connectivity index (χ3n) is 3.28. The van der Waals surface area contributed by atoms with Gasteiger partial charge >= 0.3 is 5.97 Å². The summed E-state index contributed by atoms with van der Waals surface area (Å²) < 4.78 is 18.1. The number of carbonyl (C=O) groups is 2. The molecule has 1 aromatic rings. The Morgan fingerprint density at radius 3 is 2.86 bits per heavy atom. The van der Waals surface area contributed by atoms with Crippen LogP contribution >= 0.6 is 23.4 Å². The van der Waals surface area contributed by atoms with Crippen LogP contribution in [0, 0.1) is 5.82 Å². The van der Waals surface area contributed by atoms with Gasteiger partial charge in [0.2, 0.25) is 0 Å². The van der Waals surface area contributed by atoms with Gasteiger partial charge in [0.25, 0.3) is 0 Å². The second kappa shape index (κ2) is 7.79. The number of allylic oxidation sites excluding steroid dienone is 1. The Morgan fingerprint density at radius 2 is 2.18 bits per heavy atom. The van der Waals surface area contributed by atoms with Crippen molar-refractivity contribution in [3.05, 3.63) is 45.1 Å². The van der Waals surface area contributed by atoms with Crippen LogP contribution < -0.4 is 0 Å². The van der Waals surface area contributed by atoms with E-state index in [1.54, 1.807) is 13.0 Å². The summed E-state index contributed by atoms with van der Waals surface area (Å²) in [4.78, 5) is 24.4. The number of ketones is 1. The van der Waals surface area contributed by atoms with Crippen molar-refractivity contribution in [3.63, 3.8) is 0 Å². The zero-order valence-corrected chi connectivity index (χ0v) is 13.7. The molecule has 0 N–H and O–H groups in total. The lowest BCUT2D eigenvalue weighted by Crippen LogP contribution is -2.17. The van der Waals surface area contributed by atoms with Crippen LogP contribution in [0.4, 0.5) is 4.39 Å². The number of hydrogen-bond donors (Lipinski definition) is 0. The maximum atomic E-state index is 13.0. The van der Waals surface area contributed by atoms with E-state index in [1.165, 1.54) is 23.9 Å². The first-order valence-electron chi connectivity index (χ1n) is 6.98. The van der Waals surface area contributed by atoms with E-state index in [9.17, 15) is 14.0 Å². The highest BCUT2D eigenvalue weighted by Crippen LogP contribution is 2.35. The molecule has 6 heteroatoms. The fourth-order valence-corrected chi connectivity index (χ4v) is 3.63. The van der Waals surface area contributed by atoms with Crippen molar-refractivity contribution in [1.29, 1.82) is 0 Å². The van der Waals surface area contributed by atoms with Crippen molar-refractivity contribution in [3.8, 4) is 0 Å². The fourth-order valence-electron chi connectivity index (χ4n) is 2.16. The molecule has 0 radical (unpaired) electrons. The Labute approximate surface area is 137 Å². The molecule has 0 saturated heterocycles. The number of benzene rings is 1. The predicted molar refractivity (Wildman–Crippen MR) is 85.2 cm³/mol. The molecule has 2 rings (SSSR count). The minimum Gasteiger partial charge on any atom is -0.463 e. The molecule has 0 saturated carbocycles. The van der Waals surface area contributed by atoms with Gasteiger partial charge in [-0.15, -0.1) is 11.8 Å². The third kappa shape index (κ3) is 4.34. The highest BCUT2D eigenvalue weighted by atomic mass is 35.5. The summed E-state index contributed by atoms with van der Waals surface area (Å²) in [5.74, 6) is -0.241. The second-order valence-electron chi connectivity index (χ2n) is 4.86. The van der Waals surface area contributed by atoms with Crippen LogP contribution in [0.15, 0.2) is 28.7 Å². The number of halogens is 2. The lowest BCUT2D eigenvalue weighted by atomic mass is 9.98. The van der Waals surface area contributed by atoms with E-state index in [4.69, 9.17) is 16.3 Å². The molecule has 0 aromatic heterocycles. The van der Waals surface area contributed by atoms with E-state index in [0.29, 0.717) is 29.2 Å². The van der Waals surface area contributed by atoms with E-state index < -0.39 is 5.97 Å². The summed E-state index contributed by atoms with van der Waals surface area (Å²) in [5, 5.41) is 0.359. The van der Waals surface area contributed by atoms with E-state index in [0.717, 1.165) is 10.5 Å². The first-order chi connectivity index (χ1) is 10.5. The lowest BCUT2D eigenvalue weighted by molar-refractivity contribution is -0.139. The molecule has 0 amide bonds. The normalized spacial score (nSPS) is 15.1. The molecule has 0 atom stereocenters. The second-order valence-corrected chi connectivity index (χ2v) is 6.34. The number of Topliss-reactive ketones (excluding diaryl/α,β-unsaturated/α-hetero) is 1. The predicted octanol–water partition coefficient (Wildman–Crippen LogP) is 4.28. The van der Waals surface area contributed by atoms with Gasteiger partial charge in [-0.3, -0.25) is 4.79 Å². The molecule has 0 unspecified atom stereocenters. The molecule has 1 aliphatic rings. The smallest absolute Gasteiger partial charge is 0.335 e. The van der Waals surface area contributed by atoms with Gasteiger partial charge in [-0.1, -0.05) is 17.7 Å². The standard InChI is InChI=1S/C16H16ClFO3S/c1-2-21-16(20)13-8-12(19)5-6-15(13)22-9-10-3-4-11(18)7-14(10)17/h3-4,7H,2,5-6,8-9H2,1H3. The Balaban J connectivity index is 2.15. The van der Waals surface area contributed by atoms with Crippen LogP contribution in [-0.2, 0) is 20.1 Å². The molecule has 118 valence electrons. The van der Waals surface area contributed by atoms with Crippen molar-refractivity contribution in [1.82, 2.24) is 0 Å². The molecular formula is C16H16ClFO3S. The minimum atomic E-state index is -0.428. The zero-order chi connectivity index (χ0) is 16.1. The molecule has 0 heterocycles. The molecule has 0 bridgehead atoms. The van der Waals surface area contributed by atoms with Crippen molar-refractivity contribution < 1.29 is 18.7 Å². The van der Waals surface area contributed by atoms with Gasteiger partial charge in [-0.05, 0) is 35.9 Å².